The quantitative estimate of drug-likeness (QED) is 0.176. The van der Waals surface area contributed by atoms with E-state index in [4.69, 9.17) is 15.0 Å². The Hall–Kier alpha value is -1.69. The predicted molar refractivity (Wildman–Crippen MR) is 106 cm³/mol. The van der Waals surface area contributed by atoms with Crippen LogP contribution in [-0.4, -0.2) is 24.1 Å². The molecule has 0 aliphatic heterocycles. The van der Waals surface area contributed by atoms with E-state index in [1.807, 2.05) is 12.1 Å². The number of nitrogens with two attached hydrogens (primary N) is 2. The topological polar surface area (TPSA) is 132 Å². The van der Waals surface area contributed by atoms with Gasteiger partial charge in [-0.05, 0) is 30.5 Å². The second-order valence-electron chi connectivity index (χ2n) is 5.89. The van der Waals surface area contributed by atoms with E-state index in [1.54, 1.807) is 0 Å². The second kappa shape index (κ2) is 16.8. The van der Waals surface area contributed by atoms with E-state index >= 15 is 0 Å². The van der Waals surface area contributed by atoms with Crippen molar-refractivity contribution in [3.05, 3.63) is 29.8 Å². The standard InChI is InChI=1S/C17H27O4P.CH5N3/c1-2-3-4-5-6-7-8-9-16-10-12-17(13-11-16)20-14-15-21-22(18)19;2-1(3)4/h10-13H,2-9,14-15H2,1H3;(H5,2,3,4)/p+1. The molecule has 0 aliphatic carbocycles. The molecule has 1 aromatic rings. The van der Waals surface area contributed by atoms with Crippen molar-refractivity contribution in [1.29, 1.82) is 5.41 Å². The summed E-state index contributed by atoms with van der Waals surface area (Å²) in [5.41, 5.74) is 10.3. The molecule has 0 saturated heterocycles. The number of ether oxygens (including phenoxy) is 1. The molecule has 7 nitrogen and oxygen atoms in total. The van der Waals surface area contributed by atoms with Gasteiger partial charge in [0.05, 0.1) is 0 Å². The van der Waals surface area contributed by atoms with Gasteiger partial charge in [0, 0.05) is 4.57 Å². The van der Waals surface area contributed by atoms with Crippen molar-refractivity contribution < 1.29 is 18.7 Å². The van der Waals surface area contributed by atoms with Crippen LogP contribution >= 0.6 is 8.25 Å². The van der Waals surface area contributed by atoms with Crippen molar-refractivity contribution in [3.63, 3.8) is 0 Å². The number of hydrogen-bond acceptors (Lipinski definition) is 4. The Bertz CT molecular complexity index is 494. The first-order valence-electron chi connectivity index (χ1n) is 9.06. The van der Waals surface area contributed by atoms with E-state index < -0.39 is 8.25 Å². The summed E-state index contributed by atoms with van der Waals surface area (Å²) >= 11 is 0. The molecular formula is C18H33N3O4P+. The lowest BCUT2D eigenvalue weighted by atomic mass is 10.0. The van der Waals surface area contributed by atoms with Crippen LogP contribution in [0.4, 0.5) is 0 Å². The molecule has 0 aliphatic rings. The van der Waals surface area contributed by atoms with Crippen molar-refractivity contribution in [3.8, 4) is 5.75 Å². The summed E-state index contributed by atoms with van der Waals surface area (Å²) in [5.74, 6) is 0.431. The van der Waals surface area contributed by atoms with Gasteiger partial charge in [-0.15, -0.1) is 9.42 Å². The molecule has 0 bridgehead atoms. The third-order valence-corrected chi connectivity index (χ3v) is 3.95. The molecule has 0 radical (unpaired) electrons. The Balaban J connectivity index is 0.00000141. The van der Waals surface area contributed by atoms with E-state index in [2.05, 4.69) is 35.0 Å². The highest BCUT2D eigenvalue weighted by molar-refractivity contribution is 7.32. The molecule has 6 N–H and O–H groups in total. The summed E-state index contributed by atoms with van der Waals surface area (Å²) in [6, 6.07) is 8.05. The largest absolute Gasteiger partial charge is 0.694 e. The summed E-state index contributed by atoms with van der Waals surface area (Å²) in [6.07, 6.45) is 10.4. The average Bonchev–Trinajstić information content (AvgIpc) is 2.58. The molecule has 8 heteroatoms. The minimum absolute atomic E-state index is 0.117. The Labute approximate surface area is 157 Å². The van der Waals surface area contributed by atoms with Crippen molar-refractivity contribution >= 4 is 14.2 Å². The molecule has 1 rings (SSSR count). The highest BCUT2D eigenvalue weighted by Gasteiger charge is 2.10. The molecular weight excluding hydrogens is 353 g/mol. The minimum Gasteiger partial charge on any atom is -0.491 e. The number of hydrogen-bond donors (Lipinski definition) is 4. The van der Waals surface area contributed by atoms with Gasteiger partial charge in [-0.1, -0.05) is 57.6 Å². The lowest BCUT2D eigenvalue weighted by Crippen LogP contribution is -2.20. The molecule has 1 aromatic carbocycles. The number of nitrogens with one attached hydrogen (secondary N) is 1. The van der Waals surface area contributed by atoms with Crippen LogP contribution in [0.3, 0.4) is 0 Å². The average molecular weight is 386 g/mol. The molecule has 0 saturated carbocycles. The first-order valence-corrected chi connectivity index (χ1v) is 10.2. The third kappa shape index (κ3) is 17.1. The highest BCUT2D eigenvalue weighted by Crippen LogP contribution is 2.16. The summed E-state index contributed by atoms with van der Waals surface area (Å²) in [7, 11) is -2.53. The normalized spacial score (nSPS) is 10.6. The number of guanidine groups is 1. The van der Waals surface area contributed by atoms with Crippen LogP contribution in [0.1, 0.15) is 57.4 Å². The van der Waals surface area contributed by atoms with Crippen molar-refractivity contribution in [2.24, 2.45) is 11.5 Å². The SMILES string of the molecule is CCCCCCCCCc1ccc(OCCO[P+](=O)O)cc1.N=C(N)N. The number of benzene rings is 1. The van der Waals surface area contributed by atoms with Gasteiger partial charge in [0.25, 0.3) is 0 Å². The van der Waals surface area contributed by atoms with Crippen LogP contribution in [0, 0.1) is 5.41 Å². The van der Waals surface area contributed by atoms with Crippen LogP contribution in [0.25, 0.3) is 0 Å². The maximum Gasteiger partial charge on any atom is 0.694 e. The molecule has 0 spiro atoms. The smallest absolute Gasteiger partial charge is 0.491 e. The lowest BCUT2D eigenvalue weighted by Gasteiger charge is -2.06. The lowest BCUT2D eigenvalue weighted by molar-refractivity contribution is 0.207. The molecule has 26 heavy (non-hydrogen) atoms. The Kier molecular flexibility index (Phi) is 15.7. The zero-order valence-corrected chi connectivity index (χ0v) is 16.5. The van der Waals surface area contributed by atoms with Crippen LogP contribution in [-0.2, 0) is 15.5 Å². The molecule has 0 amide bonds. The van der Waals surface area contributed by atoms with Gasteiger partial charge in [-0.2, -0.15) is 0 Å². The zero-order valence-electron chi connectivity index (χ0n) is 15.7. The monoisotopic (exact) mass is 386 g/mol. The maximum atomic E-state index is 10.3. The van der Waals surface area contributed by atoms with Crippen molar-refractivity contribution in [2.75, 3.05) is 13.2 Å². The van der Waals surface area contributed by atoms with Gasteiger partial charge in [0.15, 0.2) is 5.96 Å². The maximum absolute atomic E-state index is 10.3. The van der Waals surface area contributed by atoms with Gasteiger partial charge in [-0.3, -0.25) is 5.41 Å². The minimum atomic E-state index is -2.53. The fraction of sp³-hybridized carbons (Fsp3) is 0.611. The van der Waals surface area contributed by atoms with Crippen LogP contribution in [0.2, 0.25) is 0 Å². The van der Waals surface area contributed by atoms with Crippen molar-refractivity contribution in [1.82, 2.24) is 0 Å². The van der Waals surface area contributed by atoms with Gasteiger partial charge < -0.3 is 16.2 Å². The van der Waals surface area contributed by atoms with Crippen molar-refractivity contribution in [2.45, 2.75) is 58.3 Å². The van der Waals surface area contributed by atoms with Crippen LogP contribution in [0.15, 0.2) is 24.3 Å². The van der Waals surface area contributed by atoms with E-state index in [9.17, 15) is 4.57 Å². The summed E-state index contributed by atoms with van der Waals surface area (Å²) in [6.45, 7) is 2.64. The fourth-order valence-electron chi connectivity index (χ4n) is 2.31. The first kappa shape index (κ1) is 24.3. The second-order valence-corrected chi connectivity index (χ2v) is 6.62. The van der Waals surface area contributed by atoms with Gasteiger partial charge >= 0.3 is 8.25 Å². The molecule has 0 heterocycles. The van der Waals surface area contributed by atoms with E-state index in [-0.39, 0.29) is 19.2 Å². The Morgan fingerprint density at radius 3 is 2.12 bits per heavy atom. The molecule has 0 aromatic heterocycles. The third-order valence-electron chi connectivity index (χ3n) is 3.55. The summed E-state index contributed by atoms with van der Waals surface area (Å²) in [5, 5.41) is 6.06. The molecule has 0 fully saturated rings. The van der Waals surface area contributed by atoms with Crippen LogP contribution < -0.4 is 16.2 Å². The predicted octanol–water partition coefficient (Wildman–Crippen LogP) is 3.86. The Morgan fingerprint density at radius 2 is 1.58 bits per heavy atom. The van der Waals surface area contributed by atoms with E-state index in [1.165, 1.54) is 50.5 Å². The Morgan fingerprint density at radius 1 is 1.04 bits per heavy atom. The van der Waals surface area contributed by atoms with Gasteiger partial charge in [0.2, 0.25) is 0 Å². The number of aryl methyl sites for hydroxylation is 1. The summed E-state index contributed by atoms with van der Waals surface area (Å²) in [4.78, 5) is 8.48. The summed E-state index contributed by atoms with van der Waals surface area (Å²) < 4.78 is 20.3. The van der Waals surface area contributed by atoms with Crippen LogP contribution in [0.5, 0.6) is 5.75 Å². The number of rotatable bonds is 13. The van der Waals surface area contributed by atoms with E-state index in [0.717, 1.165) is 12.2 Å². The zero-order chi connectivity index (χ0) is 19.6. The highest BCUT2D eigenvalue weighted by atomic mass is 31.1. The fourth-order valence-corrected chi connectivity index (χ4v) is 2.54. The molecule has 148 valence electrons. The van der Waals surface area contributed by atoms with Gasteiger partial charge in [-0.25, -0.2) is 0 Å². The first-order chi connectivity index (χ1) is 12.5. The molecule has 1 unspecified atom stereocenters. The van der Waals surface area contributed by atoms with E-state index in [0.29, 0.717) is 0 Å². The molecule has 1 atom stereocenters. The van der Waals surface area contributed by atoms with Gasteiger partial charge in [0.1, 0.15) is 19.0 Å². The number of unbranched alkanes of at least 4 members (excludes halogenated alkanes) is 6.